The van der Waals surface area contributed by atoms with Crippen molar-refractivity contribution < 1.29 is 23.8 Å². The Morgan fingerprint density at radius 1 is 0.962 bits per heavy atom. The second kappa shape index (κ2) is 8.71. The van der Waals surface area contributed by atoms with Crippen LogP contribution in [-0.2, 0) is 9.53 Å². The van der Waals surface area contributed by atoms with Gasteiger partial charge >= 0.3 is 5.97 Å². The second-order valence-electron chi connectivity index (χ2n) is 5.46. The largest absolute Gasteiger partial charge is 0.493 e. The first-order chi connectivity index (χ1) is 12.5. The van der Waals surface area contributed by atoms with E-state index in [4.69, 9.17) is 14.2 Å². The van der Waals surface area contributed by atoms with Crippen LogP contribution in [0.3, 0.4) is 0 Å². The lowest BCUT2D eigenvalue weighted by Gasteiger charge is -2.09. The number of rotatable bonds is 6. The Kier molecular flexibility index (Phi) is 6.38. The lowest BCUT2D eigenvalue weighted by atomic mass is 10.1. The Balaban J connectivity index is 2.13. The zero-order chi connectivity index (χ0) is 19.1. The lowest BCUT2D eigenvalue weighted by Crippen LogP contribution is -2.10. The average molecular weight is 355 g/mol. The molecule has 136 valence electrons. The van der Waals surface area contributed by atoms with Gasteiger partial charge < -0.3 is 19.5 Å². The minimum absolute atomic E-state index is 0.315. The van der Waals surface area contributed by atoms with Gasteiger partial charge in [-0.05, 0) is 48.4 Å². The molecule has 6 heteroatoms. The van der Waals surface area contributed by atoms with Gasteiger partial charge in [-0.2, -0.15) is 0 Å². The fourth-order valence-electron chi connectivity index (χ4n) is 2.30. The summed E-state index contributed by atoms with van der Waals surface area (Å²) in [7, 11) is 4.42. The molecule has 2 aromatic carbocycles. The van der Waals surface area contributed by atoms with Gasteiger partial charge in [0.15, 0.2) is 11.5 Å². The Bertz CT molecular complexity index is 842. The maximum Gasteiger partial charge on any atom is 0.337 e. The van der Waals surface area contributed by atoms with Crippen LogP contribution in [0.2, 0.25) is 0 Å². The van der Waals surface area contributed by atoms with Crippen molar-refractivity contribution in [3.05, 3.63) is 59.2 Å². The topological polar surface area (TPSA) is 73.9 Å². The number of ether oxygens (including phenoxy) is 3. The van der Waals surface area contributed by atoms with Crippen LogP contribution >= 0.6 is 0 Å². The monoisotopic (exact) mass is 355 g/mol. The van der Waals surface area contributed by atoms with Crippen molar-refractivity contribution in [3.8, 4) is 11.5 Å². The van der Waals surface area contributed by atoms with E-state index in [-0.39, 0.29) is 5.91 Å². The molecule has 1 N–H and O–H groups in total. The van der Waals surface area contributed by atoms with Gasteiger partial charge in [-0.3, -0.25) is 4.79 Å². The highest BCUT2D eigenvalue weighted by molar-refractivity contribution is 6.03. The predicted octanol–water partition coefficient (Wildman–Crippen LogP) is 3.45. The van der Waals surface area contributed by atoms with Gasteiger partial charge in [-0.1, -0.05) is 12.1 Å². The minimum atomic E-state index is -0.457. The van der Waals surface area contributed by atoms with Crippen LogP contribution in [0.5, 0.6) is 11.5 Å². The van der Waals surface area contributed by atoms with Gasteiger partial charge in [0.1, 0.15) is 0 Å². The van der Waals surface area contributed by atoms with E-state index >= 15 is 0 Å². The van der Waals surface area contributed by atoms with Gasteiger partial charge in [-0.15, -0.1) is 0 Å². The quantitative estimate of drug-likeness (QED) is 0.635. The third-order valence-corrected chi connectivity index (χ3v) is 3.75. The summed E-state index contributed by atoms with van der Waals surface area (Å²) in [6.07, 6.45) is 3.07. The van der Waals surface area contributed by atoms with Gasteiger partial charge in [0.2, 0.25) is 5.91 Å². The number of aryl methyl sites for hydroxylation is 1. The molecule has 0 atom stereocenters. The predicted molar refractivity (Wildman–Crippen MR) is 99.7 cm³/mol. The molecule has 26 heavy (non-hydrogen) atoms. The third kappa shape index (κ3) is 4.63. The molecule has 2 aromatic rings. The number of nitrogens with one attached hydrogen (secondary N) is 1. The summed E-state index contributed by atoms with van der Waals surface area (Å²) in [6, 6.07) is 10.3. The average Bonchev–Trinajstić information content (AvgIpc) is 2.67. The molecule has 0 radical (unpaired) electrons. The number of esters is 1. The SMILES string of the molecule is COC(=O)c1ccc(C)c(NC(=O)/C=C/c2ccc(OC)c(OC)c2)c1. The summed E-state index contributed by atoms with van der Waals surface area (Å²) in [6.45, 7) is 1.84. The van der Waals surface area contributed by atoms with E-state index in [1.807, 2.05) is 13.0 Å². The molecule has 1 amide bonds. The number of benzene rings is 2. The van der Waals surface area contributed by atoms with E-state index in [9.17, 15) is 9.59 Å². The first-order valence-electron chi connectivity index (χ1n) is 7.88. The van der Waals surface area contributed by atoms with Crippen LogP contribution < -0.4 is 14.8 Å². The highest BCUT2D eigenvalue weighted by Crippen LogP contribution is 2.28. The third-order valence-electron chi connectivity index (χ3n) is 3.75. The number of methoxy groups -OCH3 is 3. The molecule has 2 rings (SSSR count). The molecule has 0 spiro atoms. The number of amides is 1. The Morgan fingerprint density at radius 3 is 2.35 bits per heavy atom. The maximum absolute atomic E-state index is 12.2. The Labute approximate surface area is 152 Å². The van der Waals surface area contributed by atoms with Gasteiger partial charge in [-0.25, -0.2) is 4.79 Å². The van der Waals surface area contributed by atoms with E-state index in [1.165, 1.54) is 13.2 Å². The first-order valence-corrected chi connectivity index (χ1v) is 7.88. The molecule has 0 heterocycles. The van der Waals surface area contributed by atoms with E-state index in [0.717, 1.165) is 11.1 Å². The molecule has 0 unspecified atom stereocenters. The second-order valence-corrected chi connectivity index (χ2v) is 5.46. The fraction of sp³-hybridized carbons (Fsp3) is 0.200. The Morgan fingerprint density at radius 2 is 1.69 bits per heavy atom. The highest BCUT2D eigenvalue weighted by atomic mass is 16.5. The van der Waals surface area contributed by atoms with Crippen molar-refractivity contribution in [1.29, 1.82) is 0 Å². The Hall–Kier alpha value is -3.28. The molecule has 0 aliphatic rings. The van der Waals surface area contributed by atoms with Gasteiger partial charge in [0.25, 0.3) is 0 Å². The number of hydrogen-bond donors (Lipinski definition) is 1. The van der Waals surface area contributed by atoms with E-state index in [0.29, 0.717) is 22.7 Å². The number of carbonyl (C=O) groups is 2. The van der Waals surface area contributed by atoms with Crippen LogP contribution in [-0.4, -0.2) is 33.2 Å². The van der Waals surface area contributed by atoms with Crippen molar-refractivity contribution in [2.75, 3.05) is 26.6 Å². The van der Waals surface area contributed by atoms with Crippen LogP contribution in [0.1, 0.15) is 21.5 Å². The maximum atomic E-state index is 12.2. The molecule has 0 saturated carbocycles. The van der Waals surface area contributed by atoms with Crippen LogP contribution in [0.4, 0.5) is 5.69 Å². The number of anilines is 1. The number of hydrogen-bond acceptors (Lipinski definition) is 5. The molecular formula is C20H21NO5. The van der Waals surface area contributed by atoms with Crippen LogP contribution in [0.25, 0.3) is 6.08 Å². The molecule has 0 fully saturated rings. The standard InChI is InChI=1S/C20H21NO5/c1-13-5-8-15(20(23)26-4)12-16(13)21-19(22)10-7-14-6-9-17(24-2)18(11-14)25-3/h5-12H,1-4H3,(H,21,22)/b10-7+. The van der Waals surface area contributed by atoms with Crippen molar-refractivity contribution in [2.24, 2.45) is 0 Å². The van der Waals surface area contributed by atoms with Gasteiger partial charge in [0, 0.05) is 11.8 Å². The first kappa shape index (κ1) is 19.1. The van der Waals surface area contributed by atoms with E-state index < -0.39 is 5.97 Å². The van der Waals surface area contributed by atoms with Crippen LogP contribution in [0, 0.1) is 6.92 Å². The zero-order valence-electron chi connectivity index (χ0n) is 15.2. The molecule has 0 bridgehead atoms. The molecule has 0 aliphatic heterocycles. The molecular weight excluding hydrogens is 334 g/mol. The van der Waals surface area contributed by atoms with Crippen molar-refractivity contribution >= 4 is 23.6 Å². The van der Waals surface area contributed by atoms with E-state index in [2.05, 4.69) is 5.32 Å². The zero-order valence-corrected chi connectivity index (χ0v) is 15.2. The normalized spacial score (nSPS) is 10.5. The highest BCUT2D eigenvalue weighted by Gasteiger charge is 2.09. The molecule has 6 nitrogen and oxygen atoms in total. The summed E-state index contributed by atoms with van der Waals surface area (Å²) in [4.78, 5) is 23.8. The van der Waals surface area contributed by atoms with E-state index in [1.54, 1.807) is 50.6 Å². The fourth-order valence-corrected chi connectivity index (χ4v) is 2.30. The number of carbonyl (C=O) groups excluding carboxylic acids is 2. The van der Waals surface area contributed by atoms with Crippen molar-refractivity contribution in [3.63, 3.8) is 0 Å². The van der Waals surface area contributed by atoms with Gasteiger partial charge in [0.05, 0.1) is 26.9 Å². The molecule has 0 aromatic heterocycles. The summed E-state index contributed by atoms with van der Waals surface area (Å²) in [5, 5.41) is 2.76. The summed E-state index contributed by atoms with van der Waals surface area (Å²) in [5.41, 5.74) is 2.55. The van der Waals surface area contributed by atoms with Crippen molar-refractivity contribution in [2.45, 2.75) is 6.92 Å². The van der Waals surface area contributed by atoms with Crippen molar-refractivity contribution in [1.82, 2.24) is 0 Å². The van der Waals surface area contributed by atoms with Crippen LogP contribution in [0.15, 0.2) is 42.5 Å². The molecule has 0 saturated heterocycles. The molecule has 0 aliphatic carbocycles. The summed E-state index contributed by atoms with van der Waals surface area (Å²) in [5.74, 6) is 0.423. The smallest absolute Gasteiger partial charge is 0.337 e. The summed E-state index contributed by atoms with van der Waals surface area (Å²) < 4.78 is 15.1. The summed E-state index contributed by atoms with van der Waals surface area (Å²) >= 11 is 0. The lowest BCUT2D eigenvalue weighted by molar-refractivity contribution is -0.111. The minimum Gasteiger partial charge on any atom is -0.493 e.